The molecule has 0 saturated carbocycles. The number of nitrogens with zero attached hydrogens (tertiary/aromatic N) is 2. The van der Waals surface area contributed by atoms with Crippen molar-refractivity contribution in [1.82, 2.24) is 20.4 Å². The summed E-state index contributed by atoms with van der Waals surface area (Å²) in [6.45, 7) is 0. The lowest BCUT2D eigenvalue weighted by molar-refractivity contribution is -0.136. The van der Waals surface area contributed by atoms with Crippen LogP contribution in [0.5, 0.6) is 0 Å². The summed E-state index contributed by atoms with van der Waals surface area (Å²) >= 11 is 0. The van der Waals surface area contributed by atoms with Gasteiger partial charge in [0.25, 0.3) is 0 Å². The minimum absolute atomic E-state index is 0.0507. The number of rotatable bonds is 3. The molecule has 0 unspecified atom stereocenters. The van der Waals surface area contributed by atoms with Gasteiger partial charge in [-0.2, -0.15) is 10.2 Å². The Hall–Kier alpha value is -2.11. The SMILES string of the molecule is O=C(O)Cc1cc(-c2cn[nH]c2)n[nH]1. The van der Waals surface area contributed by atoms with Crippen LogP contribution in [0.4, 0.5) is 0 Å². The van der Waals surface area contributed by atoms with E-state index in [-0.39, 0.29) is 6.42 Å². The average molecular weight is 192 g/mol. The van der Waals surface area contributed by atoms with Crippen molar-refractivity contribution in [3.63, 3.8) is 0 Å². The second-order valence-electron chi connectivity index (χ2n) is 2.84. The van der Waals surface area contributed by atoms with Gasteiger partial charge in [-0.25, -0.2) is 0 Å². The Morgan fingerprint density at radius 3 is 3.07 bits per heavy atom. The van der Waals surface area contributed by atoms with Crippen molar-refractivity contribution in [2.45, 2.75) is 6.42 Å². The van der Waals surface area contributed by atoms with Gasteiger partial charge in [-0.05, 0) is 6.07 Å². The van der Waals surface area contributed by atoms with Crippen LogP contribution in [0, 0.1) is 0 Å². The summed E-state index contributed by atoms with van der Waals surface area (Å²) in [5.41, 5.74) is 2.10. The quantitative estimate of drug-likeness (QED) is 0.657. The maximum atomic E-state index is 10.4. The summed E-state index contributed by atoms with van der Waals surface area (Å²) in [6, 6.07) is 1.69. The molecule has 0 atom stereocenters. The van der Waals surface area contributed by atoms with Crippen LogP contribution < -0.4 is 0 Å². The molecule has 6 heteroatoms. The van der Waals surface area contributed by atoms with Crippen LogP contribution in [0.1, 0.15) is 5.69 Å². The zero-order valence-electron chi connectivity index (χ0n) is 7.19. The van der Waals surface area contributed by atoms with Crippen LogP contribution in [-0.2, 0) is 11.2 Å². The third kappa shape index (κ3) is 1.63. The lowest BCUT2D eigenvalue weighted by atomic mass is 10.2. The van der Waals surface area contributed by atoms with Gasteiger partial charge in [0.15, 0.2) is 0 Å². The molecular weight excluding hydrogens is 184 g/mol. The molecule has 0 aromatic carbocycles. The van der Waals surface area contributed by atoms with Crippen molar-refractivity contribution in [3.8, 4) is 11.3 Å². The number of H-pyrrole nitrogens is 2. The van der Waals surface area contributed by atoms with Gasteiger partial charge >= 0.3 is 5.97 Å². The van der Waals surface area contributed by atoms with Gasteiger partial charge in [0.2, 0.25) is 0 Å². The first-order valence-electron chi connectivity index (χ1n) is 4.01. The molecule has 2 rings (SSSR count). The fourth-order valence-electron chi connectivity index (χ4n) is 1.15. The number of aromatic amines is 2. The Bertz CT molecular complexity index is 432. The Kier molecular flexibility index (Phi) is 2.02. The van der Waals surface area contributed by atoms with Gasteiger partial charge in [0.05, 0.1) is 18.3 Å². The van der Waals surface area contributed by atoms with Crippen LogP contribution in [0.2, 0.25) is 0 Å². The number of nitrogens with one attached hydrogen (secondary N) is 2. The number of hydrogen-bond acceptors (Lipinski definition) is 3. The molecule has 0 bridgehead atoms. The molecule has 72 valence electrons. The molecule has 0 amide bonds. The standard InChI is InChI=1S/C8H8N4O2/c13-8(14)2-6-1-7(12-11-6)5-3-9-10-4-5/h1,3-4H,2H2,(H,9,10)(H,11,12)(H,13,14). The van der Waals surface area contributed by atoms with E-state index in [2.05, 4.69) is 20.4 Å². The van der Waals surface area contributed by atoms with E-state index in [0.717, 1.165) is 5.56 Å². The van der Waals surface area contributed by atoms with Crippen molar-refractivity contribution in [2.75, 3.05) is 0 Å². The molecule has 0 spiro atoms. The molecule has 2 heterocycles. The third-order valence-electron chi connectivity index (χ3n) is 1.77. The molecule has 0 fully saturated rings. The van der Waals surface area contributed by atoms with Crippen molar-refractivity contribution in [3.05, 3.63) is 24.2 Å². The van der Waals surface area contributed by atoms with E-state index in [1.165, 1.54) is 0 Å². The molecule has 6 nitrogen and oxygen atoms in total. The maximum absolute atomic E-state index is 10.4. The highest BCUT2D eigenvalue weighted by Crippen LogP contribution is 2.15. The number of hydrogen-bond donors (Lipinski definition) is 3. The summed E-state index contributed by atoms with van der Waals surface area (Å²) in [4.78, 5) is 10.4. The first kappa shape index (κ1) is 8.49. The van der Waals surface area contributed by atoms with E-state index in [1.54, 1.807) is 18.5 Å². The smallest absolute Gasteiger partial charge is 0.309 e. The van der Waals surface area contributed by atoms with Crippen LogP contribution in [-0.4, -0.2) is 31.5 Å². The molecular formula is C8H8N4O2. The van der Waals surface area contributed by atoms with Gasteiger partial charge in [-0.3, -0.25) is 15.0 Å². The zero-order chi connectivity index (χ0) is 9.97. The Labute approximate surface area is 79.0 Å². The average Bonchev–Trinajstić information content (AvgIpc) is 2.69. The minimum atomic E-state index is -0.882. The van der Waals surface area contributed by atoms with Crippen LogP contribution >= 0.6 is 0 Å². The monoisotopic (exact) mass is 192 g/mol. The second-order valence-corrected chi connectivity index (χ2v) is 2.84. The van der Waals surface area contributed by atoms with Crippen molar-refractivity contribution >= 4 is 5.97 Å². The highest BCUT2D eigenvalue weighted by molar-refractivity contribution is 5.70. The second kappa shape index (κ2) is 3.33. The predicted molar refractivity (Wildman–Crippen MR) is 47.5 cm³/mol. The third-order valence-corrected chi connectivity index (χ3v) is 1.77. The summed E-state index contributed by atoms with van der Waals surface area (Å²) < 4.78 is 0. The highest BCUT2D eigenvalue weighted by atomic mass is 16.4. The Balaban J connectivity index is 2.22. The summed E-state index contributed by atoms with van der Waals surface area (Å²) in [5, 5.41) is 21.6. The van der Waals surface area contributed by atoms with E-state index in [9.17, 15) is 4.79 Å². The lowest BCUT2D eigenvalue weighted by Gasteiger charge is -1.86. The molecule has 0 aliphatic carbocycles. The van der Waals surface area contributed by atoms with Gasteiger partial charge in [0, 0.05) is 17.5 Å². The first-order valence-corrected chi connectivity index (χ1v) is 4.01. The van der Waals surface area contributed by atoms with Crippen molar-refractivity contribution < 1.29 is 9.90 Å². The van der Waals surface area contributed by atoms with Crippen molar-refractivity contribution in [2.24, 2.45) is 0 Å². The fraction of sp³-hybridized carbons (Fsp3) is 0.125. The highest BCUT2D eigenvalue weighted by Gasteiger charge is 2.07. The van der Waals surface area contributed by atoms with E-state index in [0.29, 0.717) is 11.4 Å². The largest absolute Gasteiger partial charge is 0.481 e. The zero-order valence-corrected chi connectivity index (χ0v) is 7.19. The molecule has 0 aliphatic heterocycles. The van der Waals surface area contributed by atoms with E-state index >= 15 is 0 Å². The lowest BCUT2D eigenvalue weighted by Crippen LogP contribution is -1.99. The normalized spacial score (nSPS) is 10.3. The van der Waals surface area contributed by atoms with Crippen LogP contribution in [0.15, 0.2) is 18.5 Å². The molecule has 14 heavy (non-hydrogen) atoms. The number of carbonyl (C=O) groups is 1. The number of carboxylic acids is 1. The van der Waals surface area contributed by atoms with E-state index < -0.39 is 5.97 Å². The molecule has 2 aromatic rings. The number of aromatic nitrogens is 4. The summed E-state index contributed by atoms with van der Waals surface area (Å²) in [6.07, 6.45) is 3.27. The fourth-order valence-corrected chi connectivity index (χ4v) is 1.15. The van der Waals surface area contributed by atoms with E-state index in [4.69, 9.17) is 5.11 Å². The molecule has 0 radical (unpaired) electrons. The van der Waals surface area contributed by atoms with E-state index in [1.807, 2.05) is 0 Å². The van der Waals surface area contributed by atoms with Gasteiger partial charge in [-0.1, -0.05) is 0 Å². The Morgan fingerprint density at radius 1 is 1.57 bits per heavy atom. The maximum Gasteiger partial charge on any atom is 0.309 e. The predicted octanol–water partition coefficient (Wildman–Crippen LogP) is 0.427. The summed E-state index contributed by atoms with van der Waals surface area (Å²) in [7, 11) is 0. The molecule has 0 aliphatic rings. The Morgan fingerprint density at radius 2 is 2.43 bits per heavy atom. The van der Waals surface area contributed by atoms with Crippen LogP contribution in [0.3, 0.4) is 0 Å². The summed E-state index contributed by atoms with van der Waals surface area (Å²) in [5.74, 6) is -0.882. The number of aliphatic carboxylic acids is 1. The first-order chi connectivity index (χ1) is 6.75. The van der Waals surface area contributed by atoms with Crippen molar-refractivity contribution in [1.29, 1.82) is 0 Å². The number of carboxylic acid groups (broad SMARTS) is 1. The van der Waals surface area contributed by atoms with Gasteiger partial charge in [0.1, 0.15) is 0 Å². The molecule has 3 N–H and O–H groups in total. The van der Waals surface area contributed by atoms with Gasteiger partial charge < -0.3 is 5.11 Å². The van der Waals surface area contributed by atoms with Crippen LogP contribution in [0.25, 0.3) is 11.3 Å². The minimum Gasteiger partial charge on any atom is -0.481 e. The topological polar surface area (TPSA) is 94.7 Å². The molecule has 2 aromatic heterocycles. The van der Waals surface area contributed by atoms with Gasteiger partial charge in [-0.15, -0.1) is 0 Å². The molecule has 0 saturated heterocycles.